The van der Waals surface area contributed by atoms with E-state index in [0.29, 0.717) is 24.0 Å². The van der Waals surface area contributed by atoms with E-state index in [1.54, 1.807) is 0 Å². The van der Waals surface area contributed by atoms with Crippen molar-refractivity contribution in [2.75, 3.05) is 26.2 Å². The van der Waals surface area contributed by atoms with Crippen molar-refractivity contribution in [1.82, 2.24) is 15.1 Å². The zero-order valence-electron chi connectivity index (χ0n) is 18.5. The van der Waals surface area contributed by atoms with Crippen LogP contribution in [0.5, 0.6) is 0 Å². The van der Waals surface area contributed by atoms with Crippen LogP contribution in [0.25, 0.3) is 0 Å². The molecule has 6 atom stereocenters. The van der Waals surface area contributed by atoms with Gasteiger partial charge in [0.2, 0.25) is 5.91 Å². The quantitative estimate of drug-likeness (QED) is 0.829. The van der Waals surface area contributed by atoms with E-state index in [9.17, 15) is 4.79 Å². The molecule has 7 rings (SSSR count). The third-order valence-corrected chi connectivity index (χ3v) is 9.42. The second-order valence-electron chi connectivity index (χ2n) is 11.4. The third kappa shape index (κ3) is 3.14. The van der Waals surface area contributed by atoms with Gasteiger partial charge in [-0.1, -0.05) is 30.3 Å². The molecule has 4 bridgehead atoms. The first-order chi connectivity index (χ1) is 14.5. The SMILES string of the molecule is C[C@H]1C2CCCN2CCN1CC(=O)N[C@@]12C[C@H]3C[C@@H](C1)C[C@@](c1ccccc1)(C3)C2. The second kappa shape index (κ2) is 7.06. The zero-order valence-corrected chi connectivity index (χ0v) is 18.5. The van der Waals surface area contributed by atoms with Crippen LogP contribution in [0.2, 0.25) is 0 Å². The number of benzene rings is 1. The first kappa shape index (κ1) is 19.3. The van der Waals surface area contributed by atoms with E-state index in [1.807, 2.05) is 0 Å². The van der Waals surface area contributed by atoms with Gasteiger partial charge in [-0.3, -0.25) is 14.6 Å². The van der Waals surface area contributed by atoms with Crippen molar-refractivity contribution in [3.63, 3.8) is 0 Å². The van der Waals surface area contributed by atoms with E-state index < -0.39 is 0 Å². The first-order valence-corrected chi connectivity index (χ1v) is 12.4. The zero-order chi connectivity index (χ0) is 20.3. The van der Waals surface area contributed by atoms with Gasteiger partial charge in [0.25, 0.3) is 0 Å². The monoisotopic (exact) mass is 407 g/mol. The molecular formula is C26H37N3O. The number of carbonyl (C=O) groups is 1. The summed E-state index contributed by atoms with van der Waals surface area (Å²) in [7, 11) is 0. The standard InChI is InChI=1S/C26H37N3O/c1-19-23-8-5-9-28(23)10-11-29(19)17-24(30)27-26-15-20-12-21(16-26)14-25(13-20,18-26)22-6-3-2-4-7-22/h2-4,6-7,19-21,23H,5,8-18H2,1H3,(H,27,30)/t19-,20-,21+,23?,25-,26-/m0/s1. The molecule has 162 valence electrons. The van der Waals surface area contributed by atoms with Gasteiger partial charge in [0.15, 0.2) is 0 Å². The minimum absolute atomic E-state index is 0.0371. The van der Waals surface area contributed by atoms with Crippen LogP contribution in [0.4, 0.5) is 0 Å². The lowest BCUT2D eigenvalue weighted by atomic mass is 9.45. The molecule has 6 aliphatic rings. The largest absolute Gasteiger partial charge is 0.350 e. The molecule has 4 saturated carbocycles. The fourth-order valence-corrected chi connectivity index (χ4v) is 8.66. The summed E-state index contributed by atoms with van der Waals surface area (Å²) >= 11 is 0. The minimum Gasteiger partial charge on any atom is -0.350 e. The topological polar surface area (TPSA) is 35.6 Å². The predicted octanol–water partition coefficient (Wildman–Crippen LogP) is 3.56. The van der Waals surface area contributed by atoms with Gasteiger partial charge in [-0.2, -0.15) is 0 Å². The Hall–Kier alpha value is -1.39. The molecule has 2 aliphatic heterocycles. The lowest BCUT2D eigenvalue weighted by Crippen LogP contribution is -2.66. The Morgan fingerprint density at radius 1 is 1.07 bits per heavy atom. The van der Waals surface area contributed by atoms with Crippen LogP contribution in [-0.4, -0.2) is 59.5 Å². The maximum atomic E-state index is 13.3. The molecule has 1 unspecified atom stereocenters. The normalized spacial score (nSPS) is 43.0. The van der Waals surface area contributed by atoms with E-state index in [2.05, 4.69) is 52.4 Å². The van der Waals surface area contributed by atoms with Crippen LogP contribution in [0, 0.1) is 11.8 Å². The maximum Gasteiger partial charge on any atom is 0.234 e. The Labute approximate surface area is 181 Å². The molecule has 2 saturated heterocycles. The molecular weight excluding hydrogens is 370 g/mol. The predicted molar refractivity (Wildman–Crippen MR) is 119 cm³/mol. The Kier molecular flexibility index (Phi) is 4.55. The summed E-state index contributed by atoms with van der Waals surface area (Å²) in [5.41, 5.74) is 1.85. The second-order valence-corrected chi connectivity index (χ2v) is 11.4. The number of amides is 1. The summed E-state index contributed by atoms with van der Waals surface area (Å²) in [6.07, 6.45) is 10.2. The number of hydrogen-bond acceptors (Lipinski definition) is 3. The van der Waals surface area contributed by atoms with Gasteiger partial charge < -0.3 is 5.32 Å². The lowest BCUT2D eigenvalue weighted by molar-refractivity contribution is -0.130. The fraction of sp³-hybridized carbons (Fsp3) is 0.731. The van der Waals surface area contributed by atoms with Gasteiger partial charge in [0.1, 0.15) is 0 Å². The molecule has 4 nitrogen and oxygen atoms in total. The first-order valence-electron chi connectivity index (χ1n) is 12.4. The van der Waals surface area contributed by atoms with Gasteiger partial charge in [-0.05, 0) is 87.6 Å². The molecule has 0 radical (unpaired) electrons. The number of fused-ring (bicyclic) bond motifs is 1. The van der Waals surface area contributed by atoms with Crippen molar-refractivity contribution < 1.29 is 4.79 Å². The Morgan fingerprint density at radius 2 is 1.83 bits per heavy atom. The van der Waals surface area contributed by atoms with E-state index in [4.69, 9.17) is 0 Å². The highest BCUT2D eigenvalue weighted by molar-refractivity contribution is 5.79. The summed E-state index contributed by atoms with van der Waals surface area (Å²) < 4.78 is 0. The molecule has 30 heavy (non-hydrogen) atoms. The lowest BCUT2D eigenvalue weighted by Gasteiger charge is -2.62. The fourth-order valence-electron chi connectivity index (χ4n) is 8.66. The summed E-state index contributed by atoms with van der Waals surface area (Å²) in [6, 6.07) is 12.4. The van der Waals surface area contributed by atoms with Gasteiger partial charge >= 0.3 is 0 Å². The number of carbonyl (C=O) groups excluding carboxylic acids is 1. The van der Waals surface area contributed by atoms with Crippen molar-refractivity contribution in [3.05, 3.63) is 35.9 Å². The van der Waals surface area contributed by atoms with Crippen molar-refractivity contribution in [1.29, 1.82) is 0 Å². The number of hydrogen-bond donors (Lipinski definition) is 1. The molecule has 2 heterocycles. The van der Waals surface area contributed by atoms with Gasteiger partial charge in [0.05, 0.1) is 6.54 Å². The van der Waals surface area contributed by atoms with E-state index in [-0.39, 0.29) is 11.4 Å². The Morgan fingerprint density at radius 3 is 2.60 bits per heavy atom. The van der Waals surface area contributed by atoms with Gasteiger partial charge in [0, 0.05) is 30.7 Å². The highest BCUT2D eigenvalue weighted by atomic mass is 16.2. The highest BCUT2D eigenvalue weighted by Gasteiger charge is 2.58. The Bertz CT molecular complexity index is 794. The molecule has 4 aliphatic carbocycles. The summed E-state index contributed by atoms with van der Waals surface area (Å²) in [6.45, 7) is 6.35. The third-order valence-electron chi connectivity index (χ3n) is 9.42. The van der Waals surface area contributed by atoms with Gasteiger partial charge in [-0.15, -0.1) is 0 Å². The van der Waals surface area contributed by atoms with Crippen LogP contribution in [0.3, 0.4) is 0 Å². The van der Waals surface area contributed by atoms with Crippen LogP contribution in [0.1, 0.15) is 63.9 Å². The average molecular weight is 408 g/mol. The summed E-state index contributed by atoms with van der Waals surface area (Å²) in [5.74, 6) is 1.85. The summed E-state index contributed by atoms with van der Waals surface area (Å²) in [4.78, 5) is 18.4. The summed E-state index contributed by atoms with van der Waals surface area (Å²) in [5, 5.41) is 3.65. The number of rotatable bonds is 4. The van der Waals surface area contributed by atoms with E-state index in [1.165, 1.54) is 57.1 Å². The molecule has 1 amide bonds. The van der Waals surface area contributed by atoms with Crippen molar-refractivity contribution >= 4 is 5.91 Å². The molecule has 1 N–H and O–H groups in total. The van der Waals surface area contributed by atoms with Crippen LogP contribution in [0.15, 0.2) is 30.3 Å². The van der Waals surface area contributed by atoms with Crippen LogP contribution < -0.4 is 5.32 Å². The molecule has 0 spiro atoms. The van der Waals surface area contributed by atoms with E-state index in [0.717, 1.165) is 31.3 Å². The smallest absolute Gasteiger partial charge is 0.234 e. The molecule has 6 fully saturated rings. The van der Waals surface area contributed by atoms with Crippen molar-refractivity contribution in [2.24, 2.45) is 11.8 Å². The van der Waals surface area contributed by atoms with Crippen LogP contribution >= 0.6 is 0 Å². The molecule has 1 aromatic carbocycles. The number of nitrogens with zero attached hydrogens (tertiary/aromatic N) is 2. The minimum atomic E-state index is 0.0371. The van der Waals surface area contributed by atoms with Crippen LogP contribution in [-0.2, 0) is 10.2 Å². The average Bonchev–Trinajstić information content (AvgIpc) is 3.19. The van der Waals surface area contributed by atoms with Crippen molar-refractivity contribution in [2.45, 2.75) is 81.3 Å². The van der Waals surface area contributed by atoms with Gasteiger partial charge in [-0.25, -0.2) is 0 Å². The molecule has 4 heteroatoms. The van der Waals surface area contributed by atoms with E-state index >= 15 is 0 Å². The molecule has 1 aromatic rings. The highest BCUT2D eigenvalue weighted by Crippen LogP contribution is 2.62. The number of piperazine rings is 1. The number of nitrogens with one attached hydrogen (secondary N) is 1. The molecule has 0 aromatic heterocycles. The maximum absolute atomic E-state index is 13.3. The Balaban J connectivity index is 1.18. The van der Waals surface area contributed by atoms with Crippen molar-refractivity contribution in [3.8, 4) is 0 Å².